The molecule has 1 rings (SSSR count). The highest BCUT2D eigenvalue weighted by molar-refractivity contribution is 5.34. The topological polar surface area (TPSA) is 65.3 Å². The smallest absolute Gasteiger partial charge is 0.145 e. The number of hydrogen-bond donors (Lipinski definition) is 2. The molecule has 17 heavy (non-hydrogen) atoms. The van der Waals surface area contributed by atoms with Crippen LogP contribution in [0, 0.1) is 17.1 Å². The molecule has 5 heteroatoms. The van der Waals surface area contributed by atoms with Crippen molar-refractivity contribution in [2.75, 3.05) is 20.3 Å². The number of nitriles is 1. The maximum Gasteiger partial charge on any atom is 0.145 e. The van der Waals surface area contributed by atoms with Gasteiger partial charge in [0, 0.05) is 19.2 Å². The quantitative estimate of drug-likeness (QED) is 0.769. The molecule has 4 nitrogen and oxygen atoms in total. The Morgan fingerprint density at radius 2 is 2.35 bits per heavy atom. The molecule has 0 bridgehead atoms. The van der Waals surface area contributed by atoms with Gasteiger partial charge in [0.2, 0.25) is 0 Å². The summed E-state index contributed by atoms with van der Waals surface area (Å²) in [5, 5.41) is 20.7. The first-order chi connectivity index (χ1) is 8.22. The molecule has 0 fully saturated rings. The third-order valence-electron chi connectivity index (χ3n) is 2.37. The fourth-order valence-corrected chi connectivity index (χ4v) is 1.43. The molecule has 1 atom stereocenters. The summed E-state index contributed by atoms with van der Waals surface area (Å²) >= 11 is 0. The Morgan fingerprint density at radius 3 is 2.94 bits per heavy atom. The van der Waals surface area contributed by atoms with E-state index in [9.17, 15) is 4.39 Å². The number of halogens is 1. The van der Waals surface area contributed by atoms with Gasteiger partial charge < -0.3 is 15.2 Å². The number of nitrogens with zero attached hydrogens (tertiary/aromatic N) is 1. The van der Waals surface area contributed by atoms with Gasteiger partial charge in [-0.1, -0.05) is 12.1 Å². The Balaban J connectivity index is 2.66. The highest BCUT2D eigenvalue weighted by Crippen LogP contribution is 2.11. The molecule has 2 N–H and O–H groups in total. The van der Waals surface area contributed by atoms with Crippen molar-refractivity contribution in [2.45, 2.75) is 12.6 Å². The molecule has 0 aromatic heterocycles. The minimum Gasteiger partial charge on any atom is -0.395 e. The molecule has 1 aromatic rings. The van der Waals surface area contributed by atoms with Crippen molar-refractivity contribution in [2.24, 2.45) is 0 Å². The van der Waals surface area contributed by atoms with Crippen LogP contribution in [0.3, 0.4) is 0 Å². The van der Waals surface area contributed by atoms with E-state index >= 15 is 0 Å². The van der Waals surface area contributed by atoms with E-state index in [4.69, 9.17) is 15.1 Å². The van der Waals surface area contributed by atoms with Gasteiger partial charge in [-0.2, -0.15) is 5.26 Å². The van der Waals surface area contributed by atoms with Crippen molar-refractivity contribution in [1.29, 1.82) is 5.26 Å². The number of nitrogens with one attached hydrogen (secondary N) is 1. The van der Waals surface area contributed by atoms with Gasteiger partial charge in [0.15, 0.2) is 0 Å². The predicted molar refractivity (Wildman–Crippen MR) is 60.7 cm³/mol. The maximum absolute atomic E-state index is 13.7. The molecule has 1 aromatic carbocycles. The second kappa shape index (κ2) is 6.97. The van der Waals surface area contributed by atoms with Gasteiger partial charge in [0.25, 0.3) is 0 Å². The number of ether oxygens (including phenoxy) is 1. The zero-order valence-electron chi connectivity index (χ0n) is 9.61. The standard InChI is InChI=1S/C12H15FN2O2/c1-17-8-11(7-16)15-6-10-4-2-3-9(5-14)12(10)13/h2-4,11,15-16H,6-8H2,1H3. The summed E-state index contributed by atoms with van der Waals surface area (Å²) in [4.78, 5) is 0. The number of methoxy groups -OCH3 is 1. The van der Waals surface area contributed by atoms with Gasteiger partial charge in [-0.3, -0.25) is 0 Å². The highest BCUT2D eigenvalue weighted by atomic mass is 19.1. The van der Waals surface area contributed by atoms with Gasteiger partial charge in [-0.15, -0.1) is 0 Å². The zero-order valence-corrected chi connectivity index (χ0v) is 9.61. The van der Waals surface area contributed by atoms with E-state index in [1.54, 1.807) is 18.2 Å². The lowest BCUT2D eigenvalue weighted by Gasteiger charge is -2.15. The third-order valence-corrected chi connectivity index (χ3v) is 2.37. The largest absolute Gasteiger partial charge is 0.395 e. The van der Waals surface area contributed by atoms with Crippen molar-refractivity contribution < 1.29 is 14.2 Å². The number of rotatable bonds is 6. The van der Waals surface area contributed by atoms with Crippen molar-refractivity contribution in [3.8, 4) is 6.07 Å². The minimum atomic E-state index is -0.517. The molecule has 1 unspecified atom stereocenters. The zero-order chi connectivity index (χ0) is 12.7. The highest BCUT2D eigenvalue weighted by Gasteiger charge is 2.10. The lowest BCUT2D eigenvalue weighted by atomic mass is 10.1. The molecule has 0 radical (unpaired) electrons. The van der Waals surface area contributed by atoms with E-state index < -0.39 is 5.82 Å². The van der Waals surface area contributed by atoms with Crippen LogP contribution in [0.5, 0.6) is 0 Å². The van der Waals surface area contributed by atoms with Crippen LogP contribution in [-0.2, 0) is 11.3 Å². The predicted octanol–water partition coefficient (Wildman–Crippen LogP) is 0.794. The average molecular weight is 238 g/mol. The van der Waals surface area contributed by atoms with Gasteiger partial charge in [-0.05, 0) is 6.07 Å². The fourth-order valence-electron chi connectivity index (χ4n) is 1.43. The lowest BCUT2D eigenvalue weighted by Crippen LogP contribution is -2.36. The summed E-state index contributed by atoms with van der Waals surface area (Å²) in [6, 6.07) is 6.20. The van der Waals surface area contributed by atoms with Crippen molar-refractivity contribution in [1.82, 2.24) is 5.32 Å². The first-order valence-corrected chi connectivity index (χ1v) is 5.23. The van der Waals surface area contributed by atoms with Gasteiger partial charge in [0.05, 0.1) is 24.8 Å². The van der Waals surface area contributed by atoms with E-state index in [-0.39, 0.29) is 24.8 Å². The molecule has 0 aliphatic carbocycles. The Bertz CT molecular complexity index is 404. The number of aliphatic hydroxyl groups excluding tert-OH is 1. The summed E-state index contributed by atoms with van der Waals surface area (Å²) in [5.74, 6) is -0.517. The third kappa shape index (κ3) is 3.79. The molecule has 0 heterocycles. The SMILES string of the molecule is COCC(CO)NCc1cccc(C#N)c1F. The summed E-state index contributed by atoms with van der Waals surface area (Å²) in [5.41, 5.74) is 0.426. The molecule has 0 amide bonds. The molecule has 0 aliphatic rings. The van der Waals surface area contributed by atoms with Crippen LogP contribution in [0.4, 0.5) is 4.39 Å². The van der Waals surface area contributed by atoms with Crippen LogP contribution in [0.15, 0.2) is 18.2 Å². The van der Waals surface area contributed by atoms with Crippen LogP contribution in [0.1, 0.15) is 11.1 Å². The second-order valence-electron chi connectivity index (χ2n) is 3.61. The van der Waals surface area contributed by atoms with Crippen LogP contribution in [-0.4, -0.2) is 31.5 Å². The summed E-state index contributed by atoms with van der Waals surface area (Å²) < 4.78 is 18.5. The summed E-state index contributed by atoms with van der Waals surface area (Å²) in [6.45, 7) is 0.499. The van der Waals surface area contributed by atoms with Crippen molar-refractivity contribution >= 4 is 0 Å². The molecule has 0 saturated carbocycles. The molecule has 0 spiro atoms. The minimum absolute atomic E-state index is 0.0246. The average Bonchev–Trinajstić information content (AvgIpc) is 2.36. The first kappa shape index (κ1) is 13.6. The molecule has 0 saturated heterocycles. The molecule has 0 aliphatic heterocycles. The van der Waals surface area contributed by atoms with Crippen molar-refractivity contribution in [3.05, 3.63) is 35.1 Å². The first-order valence-electron chi connectivity index (χ1n) is 5.23. The van der Waals surface area contributed by atoms with E-state index in [1.165, 1.54) is 13.2 Å². The Morgan fingerprint density at radius 1 is 1.59 bits per heavy atom. The lowest BCUT2D eigenvalue weighted by molar-refractivity contribution is 0.128. The number of hydrogen-bond acceptors (Lipinski definition) is 4. The van der Waals surface area contributed by atoms with E-state index in [1.807, 2.05) is 0 Å². The van der Waals surface area contributed by atoms with Crippen molar-refractivity contribution in [3.63, 3.8) is 0 Å². The Labute approximate surface area is 99.6 Å². The van der Waals surface area contributed by atoms with E-state index in [2.05, 4.69) is 5.32 Å². The number of benzene rings is 1. The van der Waals surface area contributed by atoms with Gasteiger partial charge in [-0.25, -0.2) is 4.39 Å². The number of aliphatic hydroxyl groups is 1. The summed E-state index contributed by atoms with van der Waals surface area (Å²) in [7, 11) is 1.53. The molecular formula is C12H15FN2O2. The Kier molecular flexibility index (Phi) is 5.57. The summed E-state index contributed by atoms with van der Waals surface area (Å²) in [6.07, 6.45) is 0. The Hall–Kier alpha value is -1.48. The second-order valence-corrected chi connectivity index (χ2v) is 3.61. The van der Waals surface area contributed by atoms with Crippen LogP contribution in [0.25, 0.3) is 0 Å². The van der Waals surface area contributed by atoms with Gasteiger partial charge in [0.1, 0.15) is 11.9 Å². The van der Waals surface area contributed by atoms with Gasteiger partial charge >= 0.3 is 0 Å². The van der Waals surface area contributed by atoms with Crippen LogP contribution in [0.2, 0.25) is 0 Å². The normalized spacial score (nSPS) is 12.1. The maximum atomic E-state index is 13.7. The van der Waals surface area contributed by atoms with E-state index in [0.717, 1.165) is 0 Å². The van der Waals surface area contributed by atoms with Crippen LogP contribution < -0.4 is 5.32 Å². The van der Waals surface area contributed by atoms with E-state index in [0.29, 0.717) is 12.2 Å². The monoisotopic (exact) mass is 238 g/mol. The fraction of sp³-hybridized carbons (Fsp3) is 0.417. The molecule has 92 valence electrons. The molecular weight excluding hydrogens is 223 g/mol. The van der Waals surface area contributed by atoms with Crippen LogP contribution >= 0.6 is 0 Å².